The van der Waals surface area contributed by atoms with Gasteiger partial charge in [-0.1, -0.05) is 20.3 Å². The fourth-order valence-corrected chi connectivity index (χ4v) is 2.68. The van der Waals surface area contributed by atoms with Crippen LogP contribution in [0.25, 0.3) is 0 Å². The van der Waals surface area contributed by atoms with E-state index in [9.17, 15) is 4.79 Å². The third kappa shape index (κ3) is 3.75. The van der Waals surface area contributed by atoms with Crippen molar-refractivity contribution in [2.45, 2.75) is 52.1 Å². The molecule has 3 N–H and O–H groups in total. The number of hydrogen-bond acceptors (Lipinski definition) is 4. The lowest BCUT2D eigenvalue weighted by Gasteiger charge is -2.32. The summed E-state index contributed by atoms with van der Waals surface area (Å²) in [6.45, 7) is 6.29. The van der Waals surface area contributed by atoms with Crippen molar-refractivity contribution in [2.75, 3.05) is 25.4 Å². The van der Waals surface area contributed by atoms with Crippen LogP contribution < -0.4 is 5.73 Å². The van der Waals surface area contributed by atoms with E-state index in [-0.39, 0.29) is 12.0 Å². The summed E-state index contributed by atoms with van der Waals surface area (Å²) in [7, 11) is 0. The molecule has 1 fully saturated rings. The molecule has 6 heteroatoms. The van der Waals surface area contributed by atoms with Gasteiger partial charge in [-0.2, -0.15) is 5.10 Å². The van der Waals surface area contributed by atoms with Crippen molar-refractivity contribution in [3.8, 4) is 0 Å². The molecule has 6 nitrogen and oxygen atoms in total. The second-order valence-electron chi connectivity index (χ2n) is 5.60. The van der Waals surface area contributed by atoms with Gasteiger partial charge in [-0.05, 0) is 25.7 Å². The number of hydrogen-bond donors (Lipinski definition) is 2. The van der Waals surface area contributed by atoms with Gasteiger partial charge in [0.2, 0.25) is 0 Å². The first-order valence-corrected chi connectivity index (χ1v) is 7.90. The minimum atomic E-state index is -0.0871. The van der Waals surface area contributed by atoms with Gasteiger partial charge in [-0.25, -0.2) is 0 Å². The van der Waals surface area contributed by atoms with Crippen molar-refractivity contribution in [2.24, 2.45) is 0 Å². The van der Waals surface area contributed by atoms with Crippen molar-refractivity contribution in [3.63, 3.8) is 0 Å². The van der Waals surface area contributed by atoms with Gasteiger partial charge in [0.15, 0.2) is 5.69 Å². The normalized spacial score (nSPS) is 19.0. The van der Waals surface area contributed by atoms with Gasteiger partial charge in [0.25, 0.3) is 5.91 Å². The van der Waals surface area contributed by atoms with E-state index in [2.05, 4.69) is 24.0 Å². The number of nitrogens with two attached hydrogens (primary N) is 1. The number of amides is 1. The van der Waals surface area contributed by atoms with Crippen LogP contribution in [0.5, 0.6) is 0 Å². The van der Waals surface area contributed by atoms with E-state index in [0.717, 1.165) is 50.9 Å². The Morgan fingerprint density at radius 3 is 3.00 bits per heavy atom. The van der Waals surface area contributed by atoms with Gasteiger partial charge >= 0.3 is 0 Å². The maximum absolute atomic E-state index is 12.6. The summed E-state index contributed by atoms with van der Waals surface area (Å²) in [5.74, 6) is -0.0871. The lowest BCUT2D eigenvalue weighted by molar-refractivity contribution is 0.00195. The number of likely N-dealkylation sites (tertiary alicyclic amines) is 1. The number of nitrogen functional groups attached to an aromatic ring is 1. The highest BCUT2D eigenvalue weighted by Gasteiger charge is 2.28. The Kier molecular flexibility index (Phi) is 5.61. The van der Waals surface area contributed by atoms with Crippen molar-refractivity contribution in [1.29, 1.82) is 0 Å². The highest BCUT2D eigenvalue weighted by molar-refractivity contribution is 5.97. The first kappa shape index (κ1) is 15.8. The molecule has 2 rings (SSSR count). The number of H-pyrrole nitrogens is 1. The molecular weight excluding hydrogens is 268 g/mol. The maximum atomic E-state index is 12.6. The predicted molar refractivity (Wildman–Crippen MR) is 82.2 cm³/mol. The topological polar surface area (TPSA) is 84.2 Å². The molecule has 1 aromatic rings. The number of aromatic nitrogens is 2. The Balaban J connectivity index is 2.02. The summed E-state index contributed by atoms with van der Waals surface area (Å²) in [4.78, 5) is 14.4. The summed E-state index contributed by atoms with van der Waals surface area (Å²) < 4.78 is 5.77. The Labute approximate surface area is 126 Å². The fraction of sp³-hybridized carbons (Fsp3) is 0.733. The second-order valence-corrected chi connectivity index (χ2v) is 5.60. The number of ether oxygens (including phenoxy) is 1. The third-order valence-electron chi connectivity index (χ3n) is 3.81. The molecule has 0 aromatic carbocycles. The van der Waals surface area contributed by atoms with Gasteiger partial charge in [0, 0.05) is 19.7 Å². The molecule has 0 bridgehead atoms. The number of carbonyl (C=O) groups is 1. The first-order chi connectivity index (χ1) is 10.2. The number of rotatable bonds is 6. The highest BCUT2D eigenvalue weighted by Crippen LogP contribution is 2.20. The minimum Gasteiger partial charge on any atom is -0.395 e. The minimum absolute atomic E-state index is 0.0871. The average Bonchev–Trinajstić information content (AvgIpc) is 2.86. The predicted octanol–water partition coefficient (Wildman–Crippen LogP) is 1.98. The van der Waals surface area contributed by atoms with Crippen LogP contribution in [-0.4, -0.2) is 46.8 Å². The zero-order chi connectivity index (χ0) is 15.2. The number of nitrogens with one attached hydrogen (secondary N) is 1. The smallest absolute Gasteiger partial charge is 0.276 e. The zero-order valence-corrected chi connectivity index (χ0v) is 13.0. The molecule has 1 amide bonds. The Morgan fingerprint density at radius 1 is 1.48 bits per heavy atom. The fourth-order valence-electron chi connectivity index (χ4n) is 2.68. The quantitative estimate of drug-likeness (QED) is 0.840. The Morgan fingerprint density at radius 2 is 2.29 bits per heavy atom. The average molecular weight is 294 g/mol. The van der Waals surface area contributed by atoms with E-state index in [1.54, 1.807) is 0 Å². The molecule has 118 valence electrons. The van der Waals surface area contributed by atoms with E-state index in [4.69, 9.17) is 10.5 Å². The number of aromatic amines is 1. The number of piperidine rings is 1. The van der Waals surface area contributed by atoms with Gasteiger partial charge < -0.3 is 15.4 Å². The van der Waals surface area contributed by atoms with Crippen LogP contribution in [0.4, 0.5) is 5.69 Å². The van der Waals surface area contributed by atoms with E-state index < -0.39 is 0 Å². The van der Waals surface area contributed by atoms with E-state index in [1.165, 1.54) is 0 Å². The van der Waals surface area contributed by atoms with Gasteiger partial charge in [0.05, 0.1) is 17.5 Å². The molecule has 1 saturated heterocycles. The summed E-state index contributed by atoms with van der Waals surface area (Å²) in [6, 6.07) is 0. The summed E-state index contributed by atoms with van der Waals surface area (Å²) >= 11 is 0. The third-order valence-corrected chi connectivity index (χ3v) is 3.81. The van der Waals surface area contributed by atoms with Gasteiger partial charge in [0.1, 0.15) is 0 Å². The molecule has 1 aliphatic rings. The van der Waals surface area contributed by atoms with Gasteiger partial charge in [-0.3, -0.25) is 9.89 Å². The molecule has 0 aliphatic carbocycles. The monoisotopic (exact) mass is 294 g/mol. The summed E-state index contributed by atoms with van der Waals surface area (Å²) in [5, 5.41) is 7.00. The molecule has 0 saturated carbocycles. The molecule has 2 heterocycles. The second kappa shape index (κ2) is 7.45. The molecule has 1 aromatic heterocycles. The molecule has 0 spiro atoms. The van der Waals surface area contributed by atoms with Crippen LogP contribution in [0.15, 0.2) is 0 Å². The van der Waals surface area contributed by atoms with Crippen LogP contribution in [-0.2, 0) is 11.2 Å². The van der Waals surface area contributed by atoms with Crippen LogP contribution in [0.1, 0.15) is 55.7 Å². The van der Waals surface area contributed by atoms with Crippen LogP contribution in [0.3, 0.4) is 0 Å². The van der Waals surface area contributed by atoms with E-state index in [0.29, 0.717) is 17.9 Å². The van der Waals surface area contributed by atoms with Crippen molar-refractivity contribution in [3.05, 3.63) is 11.4 Å². The number of nitrogens with zero attached hydrogens (tertiary/aromatic N) is 2. The Bertz CT molecular complexity index is 472. The number of anilines is 1. The van der Waals surface area contributed by atoms with Crippen molar-refractivity contribution >= 4 is 11.6 Å². The lowest BCUT2D eigenvalue weighted by atomic mass is 10.1. The van der Waals surface area contributed by atoms with Crippen molar-refractivity contribution in [1.82, 2.24) is 15.1 Å². The summed E-state index contributed by atoms with van der Waals surface area (Å²) in [5.41, 5.74) is 7.75. The van der Waals surface area contributed by atoms with Crippen LogP contribution in [0, 0.1) is 0 Å². The number of carbonyl (C=O) groups excluding carboxylic acids is 1. The molecular formula is C15H26N4O2. The SMILES string of the molecule is CCCOC1CCCN(C(=O)c2n[nH]c(CCC)c2N)C1. The summed E-state index contributed by atoms with van der Waals surface area (Å²) in [6.07, 6.45) is 4.90. The zero-order valence-electron chi connectivity index (χ0n) is 13.0. The molecule has 1 atom stereocenters. The van der Waals surface area contributed by atoms with Crippen LogP contribution >= 0.6 is 0 Å². The molecule has 0 radical (unpaired) electrons. The van der Waals surface area contributed by atoms with Gasteiger partial charge in [-0.15, -0.1) is 0 Å². The largest absolute Gasteiger partial charge is 0.395 e. The standard InChI is InChI=1S/C15H26N4O2/c1-3-6-12-13(16)14(18-17-12)15(20)19-8-5-7-11(10-19)21-9-4-2/h11H,3-10,16H2,1-2H3,(H,17,18). The maximum Gasteiger partial charge on any atom is 0.276 e. The van der Waals surface area contributed by atoms with E-state index in [1.807, 2.05) is 4.90 Å². The van der Waals surface area contributed by atoms with E-state index >= 15 is 0 Å². The number of aryl methyl sites for hydroxylation is 1. The molecule has 21 heavy (non-hydrogen) atoms. The van der Waals surface area contributed by atoms with Crippen molar-refractivity contribution < 1.29 is 9.53 Å². The highest BCUT2D eigenvalue weighted by atomic mass is 16.5. The molecule has 1 aliphatic heterocycles. The Hall–Kier alpha value is -1.56. The lowest BCUT2D eigenvalue weighted by Crippen LogP contribution is -2.43. The first-order valence-electron chi connectivity index (χ1n) is 7.90. The molecule has 1 unspecified atom stereocenters. The van der Waals surface area contributed by atoms with Crippen LogP contribution in [0.2, 0.25) is 0 Å².